The molecule has 3 rings (SSSR count). The van der Waals surface area contributed by atoms with Crippen LogP contribution in [0.1, 0.15) is 25.7 Å². The Morgan fingerprint density at radius 1 is 1.36 bits per heavy atom. The number of methoxy groups -OCH3 is 1. The normalized spacial score (nSPS) is 25.0. The van der Waals surface area contributed by atoms with Gasteiger partial charge in [-0.2, -0.15) is 0 Å². The first-order chi connectivity index (χ1) is 11.8. The first-order valence-corrected chi connectivity index (χ1v) is 10.6. The van der Waals surface area contributed by atoms with E-state index < -0.39 is 10.0 Å². The van der Waals surface area contributed by atoms with Gasteiger partial charge in [0.25, 0.3) is 0 Å². The van der Waals surface area contributed by atoms with E-state index in [0.29, 0.717) is 28.3 Å². The topological polar surface area (TPSA) is 75.7 Å². The third-order valence-electron chi connectivity index (χ3n) is 5.20. The number of rotatable bonds is 6. The van der Waals surface area contributed by atoms with Crippen molar-refractivity contribution in [3.05, 3.63) is 23.2 Å². The number of carbonyl (C=O) groups is 1. The van der Waals surface area contributed by atoms with Crippen LogP contribution in [0.25, 0.3) is 0 Å². The lowest BCUT2D eigenvalue weighted by Gasteiger charge is -2.26. The zero-order valence-corrected chi connectivity index (χ0v) is 15.9. The number of halogens is 1. The molecule has 1 aromatic rings. The van der Waals surface area contributed by atoms with Crippen LogP contribution in [0.3, 0.4) is 0 Å². The van der Waals surface area contributed by atoms with E-state index in [2.05, 4.69) is 5.32 Å². The largest absolute Gasteiger partial charge is 0.495 e. The molecule has 25 heavy (non-hydrogen) atoms. The monoisotopic (exact) mass is 386 g/mol. The van der Waals surface area contributed by atoms with Gasteiger partial charge in [0.2, 0.25) is 15.9 Å². The fourth-order valence-corrected chi connectivity index (χ4v) is 5.12. The van der Waals surface area contributed by atoms with Gasteiger partial charge >= 0.3 is 0 Å². The highest BCUT2D eigenvalue weighted by Crippen LogP contribution is 2.44. The van der Waals surface area contributed by atoms with Gasteiger partial charge in [-0.1, -0.05) is 18.0 Å². The molecule has 0 spiro atoms. The number of ether oxygens (including phenoxy) is 1. The zero-order valence-electron chi connectivity index (χ0n) is 14.4. The van der Waals surface area contributed by atoms with Crippen molar-refractivity contribution in [3.63, 3.8) is 0 Å². The maximum Gasteiger partial charge on any atom is 0.241 e. The van der Waals surface area contributed by atoms with Gasteiger partial charge in [-0.25, -0.2) is 8.42 Å². The Labute approximate surface area is 153 Å². The number of anilines is 1. The Morgan fingerprint density at radius 3 is 2.64 bits per heavy atom. The summed E-state index contributed by atoms with van der Waals surface area (Å²) in [6.07, 6.45) is 5.66. The summed E-state index contributed by atoms with van der Waals surface area (Å²) in [6.45, 7) is -0.255. The van der Waals surface area contributed by atoms with Crippen molar-refractivity contribution in [2.75, 3.05) is 24.2 Å². The third-order valence-corrected chi connectivity index (χ3v) is 6.63. The maximum atomic E-state index is 12.4. The second-order valence-corrected chi connectivity index (χ2v) is 9.25. The standard InChI is InChI=1S/C17H23ClN2O4S/c1-24-16-6-5-13(9-14(16)18)20(25(2,22)23)10-17(21)19-15-8-11-3-4-12(15)7-11/h5-6,9,11-12,15H,3-4,7-8,10H2,1-2H3,(H,19,21)/t11-,12+,15+/m1/s1. The fraction of sp³-hybridized carbons (Fsp3) is 0.588. The molecule has 0 radical (unpaired) electrons. The van der Waals surface area contributed by atoms with Gasteiger partial charge in [0.05, 0.1) is 24.1 Å². The molecule has 2 bridgehead atoms. The Balaban J connectivity index is 1.73. The van der Waals surface area contributed by atoms with Crippen molar-refractivity contribution in [2.24, 2.45) is 11.8 Å². The molecule has 8 heteroatoms. The van der Waals surface area contributed by atoms with Gasteiger partial charge in [-0.05, 0) is 49.3 Å². The van der Waals surface area contributed by atoms with Crippen molar-refractivity contribution in [1.29, 1.82) is 0 Å². The molecule has 0 aromatic heterocycles. The number of nitrogens with zero attached hydrogens (tertiary/aromatic N) is 1. The van der Waals surface area contributed by atoms with Crippen molar-refractivity contribution in [3.8, 4) is 5.75 Å². The summed E-state index contributed by atoms with van der Waals surface area (Å²) in [4.78, 5) is 12.4. The van der Waals surface area contributed by atoms with E-state index >= 15 is 0 Å². The smallest absolute Gasteiger partial charge is 0.241 e. The molecule has 1 amide bonds. The minimum atomic E-state index is -3.62. The minimum Gasteiger partial charge on any atom is -0.495 e. The SMILES string of the molecule is COc1ccc(N(CC(=O)N[C@H]2C[C@@H]3CC[C@H]2C3)S(C)(=O)=O)cc1Cl. The molecular weight excluding hydrogens is 364 g/mol. The van der Waals surface area contributed by atoms with Gasteiger partial charge < -0.3 is 10.1 Å². The Morgan fingerprint density at radius 2 is 2.12 bits per heavy atom. The van der Waals surface area contributed by atoms with Crippen LogP contribution in [0.5, 0.6) is 5.75 Å². The van der Waals surface area contributed by atoms with E-state index in [1.165, 1.54) is 26.0 Å². The van der Waals surface area contributed by atoms with Crippen molar-refractivity contribution < 1.29 is 17.9 Å². The second kappa shape index (κ2) is 7.03. The number of fused-ring (bicyclic) bond motifs is 2. The summed E-state index contributed by atoms with van der Waals surface area (Å²) in [7, 11) is -2.14. The quantitative estimate of drug-likeness (QED) is 0.814. The van der Waals surface area contributed by atoms with E-state index in [1.807, 2.05) is 0 Å². The molecule has 6 nitrogen and oxygen atoms in total. The van der Waals surface area contributed by atoms with Gasteiger partial charge in [-0.3, -0.25) is 9.10 Å². The average Bonchev–Trinajstić information content (AvgIpc) is 3.14. The van der Waals surface area contributed by atoms with Crippen LogP contribution in [-0.4, -0.2) is 40.3 Å². The number of benzene rings is 1. The van der Waals surface area contributed by atoms with Crippen LogP contribution in [0.2, 0.25) is 5.02 Å². The summed E-state index contributed by atoms with van der Waals surface area (Å²) in [5, 5.41) is 3.31. The number of nitrogens with one attached hydrogen (secondary N) is 1. The van der Waals surface area contributed by atoms with Gasteiger partial charge in [0.1, 0.15) is 12.3 Å². The van der Waals surface area contributed by atoms with Crippen LogP contribution >= 0.6 is 11.6 Å². The molecule has 0 heterocycles. The summed E-state index contributed by atoms with van der Waals surface area (Å²) in [5.41, 5.74) is 0.344. The Kier molecular flexibility index (Phi) is 5.16. The predicted molar refractivity (Wildman–Crippen MR) is 97.6 cm³/mol. The molecule has 0 aliphatic heterocycles. The molecule has 0 unspecified atom stereocenters. The van der Waals surface area contributed by atoms with E-state index in [4.69, 9.17) is 16.3 Å². The molecule has 2 fully saturated rings. The number of amides is 1. The molecule has 2 aliphatic rings. The first-order valence-electron chi connectivity index (χ1n) is 8.38. The Bertz CT molecular complexity index is 768. The summed E-state index contributed by atoms with van der Waals surface area (Å²) in [5.74, 6) is 1.41. The third kappa shape index (κ3) is 4.03. The van der Waals surface area contributed by atoms with Gasteiger partial charge in [0.15, 0.2) is 0 Å². The lowest BCUT2D eigenvalue weighted by molar-refractivity contribution is -0.120. The summed E-state index contributed by atoms with van der Waals surface area (Å²) < 4.78 is 30.5. The maximum absolute atomic E-state index is 12.4. The van der Waals surface area contributed by atoms with E-state index in [-0.39, 0.29) is 18.5 Å². The minimum absolute atomic E-state index is 0.173. The highest BCUT2D eigenvalue weighted by Gasteiger charge is 2.40. The molecule has 1 N–H and O–H groups in total. The first kappa shape index (κ1) is 18.3. The van der Waals surface area contributed by atoms with Crippen LogP contribution < -0.4 is 14.4 Å². The van der Waals surface area contributed by atoms with Crippen LogP contribution in [0.4, 0.5) is 5.69 Å². The van der Waals surface area contributed by atoms with Gasteiger partial charge in [-0.15, -0.1) is 0 Å². The molecule has 0 saturated heterocycles. The van der Waals surface area contributed by atoms with Crippen molar-refractivity contribution >= 4 is 33.2 Å². The number of hydrogen-bond donors (Lipinski definition) is 1. The van der Waals surface area contributed by atoms with Crippen molar-refractivity contribution in [2.45, 2.75) is 31.7 Å². The zero-order chi connectivity index (χ0) is 18.2. The second-order valence-electron chi connectivity index (χ2n) is 6.94. The molecule has 1 aromatic carbocycles. The highest BCUT2D eigenvalue weighted by molar-refractivity contribution is 7.92. The molecule has 2 aliphatic carbocycles. The van der Waals surface area contributed by atoms with E-state index in [1.54, 1.807) is 12.1 Å². The molecular formula is C17H23ClN2O4S. The van der Waals surface area contributed by atoms with Gasteiger partial charge in [0, 0.05) is 6.04 Å². The molecule has 138 valence electrons. The average molecular weight is 387 g/mol. The predicted octanol–water partition coefficient (Wildman–Crippen LogP) is 2.42. The van der Waals surface area contributed by atoms with Crippen molar-refractivity contribution in [1.82, 2.24) is 5.32 Å². The highest BCUT2D eigenvalue weighted by atomic mass is 35.5. The number of carbonyl (C=O) groups excluding carboxylic acids is 1. The van der Waals surface area contributed by atoms with Crippen LogP contribution in [0, 0.1) is 11.8 Å². The lowest BCUT2D eigenvalue weighted by Crippen LogP contribution is -2.45. The Hall–Kier alpha value is -1.47. The number of hydrogen-bond acceptors (Lipinski definition) is 4. The van der Waals surface area contributed by atoms with Crippen LogP contribution in [-0.2, 0) is 14.8 Å². The van der Waals surface area contributed by atoms with E-state index in [0.717, 1.165) is 23.4 Å². The fourth-order valence-electron chi connectivity index (χ4n) is 4.01. The van der Waals surface area contributed by atoms with Crippen LogP contribution in [0.15, 0.2) is 18.2 Å². The lowest BCUT2D eigenvalue weighted by atomic mass is 9.95. The summed E-state index contributed by atoms with van der Waals surface area (Å²) in [6, 6.07) is 4.83. The molecule has 3 atom stereocenters. The number of sulfonamides is 1. The van der Waals surface area contributed by atoms with E-state index in [9.17, 15) is 13.2 Å². The summed E-state index contributed by atoms with van der Waals surface area (Å²) >= 11 is 6.09. The molecule has 2 saturated carbocycles.